The van der Waals surface area contributed by atoms with Gasteiger partial charge in [-0.2, -0.15) is 0 Å². The Morgan fingerprint density at radius 2 is 2.25 bits per heavy atom. The summed E-state index contributed by atoms with van der Waals surface area (Å²) in [5, 5.41) is 4.36. The lowest BCUT2D eigenvalue weighted by molar-refractivity contribution is 0.190. The molecule has 0 spiro atoms. The third-order valence-electron chi connectivity index (χ3n) is 3.40. The first-order valence-electron chi connectivity index (χ1n) is 5.87. The van der Waals surface area contributed by atoms with Crippen LogP contribution in [0.2, 0.25) is 5.02 Å². The van der Waals surface area contributed by atoms with Gasteiger partial charge >= 0.3 is 0 Å². The van der Waals surface area contributed by atoms with Crippen LogP contribution in [0, 0.1) is 0 Å². The maximum atomic E-state index is 5.97. The number of rotatable bonds is 2. The van der Waals surface area contributed by atoms with Gasteiger partial charge in [-0.3, -0.25) is 0 Å². The van der Waals surface area contributed by atoms with Crippen molar-refractivity contribution in [3.8, 4) is 0 Å². The van der Waals surface area contributed by atoms with Crippen LogP contribution in [0.1, 0.15) is 19.8 Å². The second kappa shape index (κ2) is 5.07. The first-order chi connectivity index (χ1) is 7.65. The van der Waals surface area contributed by atoms with Gasteiger partial charge in [0.2, 0.25) is 0 Å². The molecule has 1 N–H and O–H groups in total. The van der Waals surface area contributed by atoms with E-state index in [9.17, 15) is 0 Å². The zero-order valence-electron chi connectivity index (χ0n) is 9.91. The van der Waals surface area contributed by atoms with Crippen LogP contribution < -0.4 is 5.32 Å². The van der Waals surface area contributed by atoms with Crippen LogP contribution in [0.5, 0.6) is 0 Å². The molecule has 1 saturated heterocycles. The zero-order valence-corrected chi connectivity index (χ0v) is 10.7. The van der Waals surface area contributed by atoms with Crippen LogP contribution in [-0.2, 0) is 0 Å². The number of benzene rings is 1. The standard InChI is InChI=1S/C13H19ClN2/c1-10-8-13(6-7-16(10)2)15-12-5-3-4-11(14)9-12/h3-5,9-10,13,15H,6-8H2,1-2H3. The molecule has 2 nitrogen and oxygen atoms in total. The zero-order chi connectivity index (χ0) is 11.5. The Morgan fingerprint density at radius 3 is 2.94 bits per heavy atom. The summed E-state index contributed by atoms with van der Waals surface area (Å²) in [6.45, 7) is 3.45. The summed E-state index contributed by atoms with van der Waals surface area (Å²) in [5.41, 5.74) is 1.13. The van der Waals surface area contributed by atoms with Gasteiger partial charge in [0.25, 0.3) is 0 Å². The van der Waals surface area contributed by atoms with Gasteiger partial charge in [0, 0.05) is 29.3 Å². The quantitative estimate of drug-likeness (QED) is 0.851. The third kappa shape index (κ3) is 2.89. The number of piperidine rings is 1. The molecule has 16 heavy (non-hydrogen) atoms. The fourth-order valence-electron chi connectivity index (χ4n) is 2.23. The summed E-state index contributed by atoms with van der Waals surface area (Å²) in [7, 11) is 2.19. The number of anilines is 1. The molecule has 0 amide bonds. The van der Waals surface area contributed by atoms with E-state index in [1.54, 1.807) is 0 Å². The normalized spacial score (nSPS) is 26.7. The molecule has 2 unspecified atom stereocenters. The molecular formula is C13H19ClN2. The minimum absolute atomic E-state index is 0.574. The van der Waals surface area contributed by atoms with Crippen molar-refractivity contribution in [3.05, 3.63) is 29.3 Å². The Balaban J connectivity index is 1.95. The topological polar surface area (TPSA) is 15.3 Å². The highest BCUT2D eigenvalue weighted by molar-refractivity contribution is 6.30. The highest BCUT2D eigenvalue weighted by Crippen LogP contribution is 2.21. The second-order valence-corrected chi connectivity index (χ2v) is 5.14. The van der Waals surface area contributed by atoms with Gasteiger partial charge in [0.1, 0.15) is 0 Å². The van der Waals surface area contributed by atoms with Crippen LogP contribution in [-0.4, -0.2) is 30.6 Å². The van der Waals surface area contributed by atoms with Crippen LogP contribution >= 0.6 is 11.6 Å². The second-order valence-electron chi connectivity index (χ2n) is 4.71. The highest BCUT2D eigenvalue weighted by atomic mass is 35.5. The monoisotopic (exact) mass is 238 g/mol. The molecule has 1 fully saturated rings. The van der Waals surface area contributed by atoms with Crippen molar-refractivity contribution in [1.82, 2.24) is 4.90 Å². The fourth-order valence-corrected chi connectivity index (χ4v) is 2.42. The molecule has 1 aromatic rings. The lowest BCUT2D eigenvalue weighted by atomic mass is 9.99. The van der Waals surface area contributed by atoms with Crippen molar-refractivity contribution < 1.29 is 0 Å². The Morgan fingerprint density at radius 1 is 1.44 bits per heavy atom. The van der Waals surface area contributed by atoms with Crippen LogP contribution in [0.15, 0.2) is 24.3 Å². The molecule has 2 atom stereocenters. The van der Waals surface area contributed by atoms with Crippen molar-refractivity contribution in [2.24, 2.45) is 0 Å². The molecule has 0 bridgehead atoms. The largest absolute Gasteiger partial charge is 0.382 e. The van der Waals surface area contributed by atoms with Crippen molar-refractivity contribution in [2.45, 2.75) is 31.8 Å². The lowest BCUT2D eigenvalue weighted by Crippen LogP contribution is -2.42. The predicted octanol–water partition coefficient (Wildman–Crippen LogP) is 3.23. The summed E-state index contributed by atoms with van der Waals surface area (Å²) >= 11 is 5.97. The maximum absolute atomic E-state index is 5.97. The van der Waals surface area contributed by atoms with Crippen LogP contribution in [0.25, 0.3) is 0 Å². The molecule has 1 aliphatic rings. The molecule has 0 saturated carbocycles. The minimum Gasteiger partial charge on any atom is -0.382 e. The Hall–Kier alpha value is -0.730. The number of hydrogen-bond acceptors (Lipinski definition) is 2. The van der Waals surface area contributed by atoms with E-state index in [2.05, 4.69) is 30.3 Å². The SMILES string of the molecule is CC1CC(Nc2cccc(Cl)c2)CCN1C. The van der Waals surface area contributed by atoms with E-state index in [0.29, 0.717) is 12.1 Å². The van der Waals surface area contributed by atoms with Gasteiger partial charge < -0.3 is 10.2 Å². The van der Waals surface area contributed by atoms with Gasteiger partial charge in [0.05, 0.1) is 0 Å². The molecule has 1 aliphatic heterocycles. The average Bonchev–Trinajstić information content (AvgIpc) is 2.24. The number of halogens is 1. The van der Waals surface area contributed by atoms with Gasteiger partial charge in [-0.15, -0.1) is 0 Å². The van der Waals surface area contributed by atoms with E-state index in [1.807, 2.05) is 18.2 Å². The van der Waals surface area contributed by atoms with E-state index in [1.165, 1.54) is 19.4 Å². The average molecular weight is 239 g/mol. The van der Waals surface area contributed by atoms with Crippen molar-refractivity contribution >= 4 is 17.3 Å². The Labute approximate surface area is 103 Å². The summed E-state index contributed by atoms with van der Waals surface area (Å²) in [5.74, 6) is 0. The predicted molar refractivity (Wildman–Crippen MR) is 70.2 cm³/mol. The number of hydrogen-bond donors (Lipinski definition) is 1. The van der Waals surface area contributed by atoms with Crippen molar-refractivity contribution in [1.29, 1.82) is 0 Å². The van der Waals surface area contributed by atoms with Crippen LogP contribution in [0.4, 0.5) is 5.69 Å². The summed E-state index contributed by atoms with van der Waals surface area (Å²) in [6, 6.07) is 9.20. The molecular weight excluding hydrogens is 220 g/mol. The molecule has 0 aromatic heterocycles. The van der Waals surface area contributed by atoms with Crippen molar-refractivity contribution in [3.63, 3.8) is 0 Å². The summed E-state index contributed by atoms with van der Waals surface area (Å²) < 4.78 is 0. The van der Waals surface area contributed by atoms with E-state index in [0.717, 1.165) is 10.7 Å². The third-order valence-corrected chi connectivity index (χ3v) is 3.64. The van der Waals surface area contributed by atoms with Gasteiger partial charge in [0.15, 0.2) is 0 Å². The van der Waals surface area contributed by atoms with E-state index < -0.39 is 0 Å². The van der Waals surface area contributed by atoms with Crippen LogP contribution in [0.3, 0.4) is 0 Å². The number of nitrogens with zero attached hydrogens (tertiary/aromatic N) is 1. The first-order valence-corrected chi connectivity index (χ1v) is 6.25. The number of likely N-dealkylation sites (tertiary alicyclic amines) is 1. The van der Waals surface area contributed by atoms with E-state index >= 15 is 0 Å². The van der Waals surface area contributed by atoms with Crippen molar-refractivity contribution in [2.75, 3.05) is 18.9 Å². The molecule has 1 heterocycles. The highest BCUT2D eigenvalue weighted by Gasteiger charge is 2.22. The molecule has 0 radical (unpaired) electrons. The van der Waals surface area contributed by atoms with E-state index in [-0.39, 0.29) is 0 Å². The molecule has 1 aromatic carbocycles. The fraction of sp³-hybridized carbons (Fsp3) is 0.538. The first kappa shape index (κ1) is 11.7. The Bertz CT molecular complexity index is 354. The summed E-state index contributed by atoms with van der Waals surface area (Å²) in [4.78, 5) is 2.41. The molecule has 3 heteroatoms. The molecule has 0 aliphatic carbocycles. The molecule has 2 rings (SSSR count). The Kier molecular flexibility index (Phi) is 3.72. The lowest BCUT2D eigenvalue weighted by Gasteiger charge is -2.35. The molecule has 88 valence electrons. The van der Waals surface area contributed by atoms with Gasteiger partial charge in [-0.05, 0) is 45.0 Å². The minimum atomic E-state index is 0.574. The van der Waals surface area contributed by atoms with Gasteiger partial charge in [-0.25, -0.2) is 0 Å². The number of nitrogens with one attached hydrogen (secondary N) is 1. The van der Waals surface area contributed by atoms with E-state index in [4.69, 9.17) is 11.6 Å². The van der Waals surface area contributed by atoms with Gasteiger partial charge in [-0.1, -0.05) is 17.7 Å². The summed E-state index contributed by atoms with van der Waals surface area (Å²) in [6.07, 6.45) is 2.40. The maximum Gasteiger partial charge on any atom is 0.0426 e. The smallest absolute Gasteiger partial charge is 0.0426 e.